The third-order valence-corrected chi connectivity index (χ3v) is 3.03. The van der Waals surface area contributed by atoms with Crippen LogP contribution in [-0.4, -0.2) is 16.1 Å². The minimum Gasteiger partial charge on any atom is -0.504 e. The smallest absolute Gasteiger partial charge is 0.248 e. The fourth-order valence-electron chi connectivity index (χ4n) is 1.89. The van der Waals surface area contributed by atoms with Gasteiger partial charge in [0.1, 0.15) is 0 Å². The first-order valence-corrected chi connectivity index (χ1v) is 6.12. The van der Waals surface area contributed by atoms with Crippen molar-refractivity contribution in [1.29, 1.82) is 0 Å². The van der Waals surface area contributed by atoms with Gasteiger partial charge in [-0.1, -0.05) is 6.07 Å². The number of phenols is 2. The predicted molar refractivity (Wildman–Crippen MR) is 76.8 cm³/mol. The fraction of sp³-hybridized carbons (Fsp3) is 0.133. The highest BCUT2D eigenvalue weighted by atomic mass is 16.3. The van der Waals surface area contributed by atoms with Crippen LogP contribution in [0.15, 0.2) is 36.4 Å². The van der Waals surface area contributed by atoms with Crippen molar-refractivity contribution in [2.75, 3.05) is 5.32 Å². The van der Waals surface area contributed by atoms with Crippen LogP contribution in [0, 0.1) is 6.92 Å². The average molecular weight is 272 g/mol. The SMILES string of the molecule is Cc1cc(C(N)=O)ccc1NCc1ccc(O)c(O)c1. The third kappa shape index (κ3) is 3.00. The Balaban J connectivity index is 2.10. The largest absolute Gasteiger partial charge is 0.504 e. The normalized spacial score (nSPS) is 10.2. The summed E-state index contributed by atoms with van der Waals surface area (Å²) >= 11 is 0. The molecule has 0 fully saturated rings. The van der Waals surface area contributed by atoms with Crippen molar-refractivity contribution in [3.05, 3.63) is 53.1 Å². The Bertz CT molecular complexity index is 654. The number of primary amides is 1. The standard InChI is InChI=1S/C15H16N2O3/c1-9-6-11(15(16)20)3-4-12(9)17-8-10-2-5-13(18)14(19)7-10/h2-7,17-19H,8H2,1H3,(H2,16,20). The fourth-order valence-corrected chi connectivity index (χ4v) is 1.89. The lowest BCUT2D eigenvalue weighted by Crippen LogP contribution is -2.11. The monoisotopic (exact) mass is 272 g/mol. The molecule has 2 rings (SSSR count). The van der Waals surface area contributed by atoms with Gasteiger partial charge in [0.05, 0.1) is 0 Å². The molecule has 0 saturated carbocycles. The second-order valence-corrected chi connectivity index (χ2v) is 4.57. The number of phenolic OH excluding ortho intramolecular Hbond substituents is 2. The lowest BCUT2D eigenvalue weighted by molar-refractivity contribution is 0.1000. The van der Waals surface area contributed by atoms with Gasteiger partial charge in [-0.3, -0.25) is 4.79 Å². The Morgan fingerprint density at radius 3 is 2.50 bits per heavy atom. The van der Waals surface area contributed by atoms with Crippen LogP contribution in [0.1, 0.15) is 21.5 Å². The van der Waals surface area contributed by atoms with Gasteiger partial charge in [-0.25, -0.2) is 0 Å². The summed E-state index contributed by atoms with van der Waals surface area (Å²) in [5, 5.41) is 21.9. The maximum atomic E-state index is 11.1. The number of nitrogens with two attached hydrogens (primary N) is 1. The van der Waals surface area contributed by atoms with Gasteiger partial charge in [0.15, 0.2) is 11.5 Å². The second-order valence-electron chi connectivity index (χ2n) is 4.57. The zero-order valence-electron chi connectivity index (χ0n) is 11.1. The van der Waals surface area contributed by atoms with Crippen molar-refractivity contribution in [3.8, 4) is 11.5 Å². The van der Waals surface area contributed by atoms with Gasteiger partial charge in [-0.05, 0) is 48.4 Å². The minimum atomic E-state index is -0.455. The summed E-state index contributed by atoms with van der Waals surface area (Å²) in [6.07, 6.45) is 0. The molecule has 0 radical (unpaired) electrons. The van der Waals surface area contributed by atoms with Gasteiger partial charge < -0.3 is 21.3 Å². The first-order chi connectivity index (χ1) is 9.47. The van der Waals surface area contributed by atoms with Gasteiger partial charge in [0.25, 0.3) is 0 Å². The van der Waals surface area contributed by atoms with Gasteiger partial charge >= 0.3 is 0 Å². The van der Waals surface area contributed by atoms with E-state index in [1.165, 1.54) is 12.1 Å². The molecule has 0 aliphatic carbocycles. The molecule has 0 heterocycles. The van der Waals surface area contributed by atoms with Gasteiger partial charge in [-0.2, -0.15) is 0 Å². The molecule has 104 valence electrons. The summed E-state index contributed by atoms with van der Waals surface area (Å²) in [6, 6.07) is 9.82. The van der Waals surface area contributed by atoms with Crippen molar-refractivity contribution in [2.24, 2.45) is 5.73 Å². The summed E-state index contributed by atoms with van der Waals surface area (Å²) in [4.78, 5) is 11.1. The van der Waals surface area contributed by atoms with Crippen LogP contribution in [0.3, 0.4) is 0 Å². The molecule has 0 aromatic heterocycles. The number of aromatic hydroxyl groups is 2. The molecule has 1 amide bonds. The number of hydrogen-bond acceptors (Lipinski definition) is 4. The summed E-state index contributed by atoms with van der Waals surface area (Å²) in [7, 11) is 0. The molecular weight excluding hydrogens is 256 g/mol. The van der Waals surface area contributed by atoms with Crippen LogP contribution in [0.4, 0.5) is 5.69 Å². The molecule has 20 heavy (non-hydrogen) atoms. The number of anilines is 1. The predicted octanol–water partition coefficient (Wildman–Crippen LogP) is 2.12. The van der Waals surface area contributed by atoms with Crippen LogP contribution in [0.25, 0.3) is 0 Å². The summed E-state index contributed by atoms with van der Waals surface area (Å²) in [5.41, 5.74) is 8.30. The van der Waals surface area contributed by atoms with Crippen LogP contribution < -0.4 is 11.1 Å². The number of aryl methyl sites for hydroxylation is 1. The van der Waals surface area contributed by atoms with E-state index in [1.807, 2.05) is 6.92 Å². The average Bonchev–Trinajstić information content (AvgIpc) is 2.41. The Labute approximate surface area is 116 Å². The Morgan fingerprint density at radius 1 is 1.15 bits per heavy atom. The number of carbonyl (C=O) groups excluding carboxylic acids is 1. The van der Waals surface area contributed by atoms with Gasteiger partial charge in [0, 0.05) is 17.8 Å². The first kappa shape index (κ1) is 13.7. The molecule has 5 heteroatoms. The lowest BCUT2D eigenvalue weighted by atomic mass is 10.1. The summed E-state index contributed by atoms with van der Waals surface area (Å²) in [6.45, 7) is 2.37. The van der Waals surface area contributed by atoms with Crippen molar-refractivity contribution >= 4 is 11.6 Å². The maximum Gasteiger partial charge on any atom is 0.248 e. The topological polar surface area (TPSA) is 95.6 Å². The molecule has 5 N–H and O–H groups in total. The van der Waals surface area contributed by atoms with E-state index in [9.17, 15) is 15.0 Å². The second kappa shape index (κ2) is 5.52. The van der Waals surface area contributed by atoms with E-state index in [2.05, 4.69) is 5.32 Å². The van der Waals surface area contributed by atoms with E-state index < -0.39 is 5.91 Å². The lowest BCUT2D eigenvalue weighted by Gasteiger charge is -2.11. The zero-order valence-corrected chi connectivity index (χ0v) is 11.1. The van der Waals surface area contributed by atoms with Crippen LogP contribution in [0.5, 0.6) is 11.5 Å². The van der Waals surface area contributed by atoms with Gasteiger partial charge in [-0.15, -0.1) is 0 Å². The third-order valence-electron chi connectivity index (χ3n) is 3.03. The molecule has 0 atom stereocenters. The summed E-state index contributed by atoms with van der Waals surface area (Å²) < 4.78 is 0. The van der Waals surface area contributed by atoms with E-state index in [-0.39, 0.29) is 11.5 Å². The Kier molecular flexibility index (Phi) is 3.79. The van der Waals surface area contributed by atoms with Gasteiger partial charge in [0.2, 0.25) is 5.91 Å². The van der Waals surface area contributed by atoms with E-state index in [4.69, 9.17) is 5.73 Å². The van der Waals surface area contributed by atoms with Crippen LogP contribution in [-0.2, 0) is 6.54 Å². The molecular formula is C15H16N2O3. The molecule has 0 unspecified atom stereocenters. The highest BCUT2D eigenvalue weighted by Crippen LogP contribution is 2.25. The molecule has 2 aromatic carbocycles. The molecule has 0 saturated heterocycles. The molecule has 0 aliphatic heterocycles. The summed E-state index contributed by atoms with van der Waals surface area (Å²) in [5.74, 6) is -0.746. The molecule has 0 spiro atoms. The van der Waals surface area contributed by atoms with Crippen molar-refractivity contribution in [1.82, 2.24) is 0 Å². The van der Waals surface area contributed by atoms with E-state index in [1.54, 1.807) is 24.3 Å². The number of amides is 1. The number of carbonyl (C=O) groups is 1. The Hall–Kier alpha value is -2.69. The van der Waals surface area contributed by atoms with Crippen LogP contribution >= 0.6 is 0 Å². The highest BCUT2D eigenvalue weighted by Gasteiger charge is 2.05. The number of hydrogen-bond donors (Lipinski definition) is 4. The number of nitrogens with one attached hydrogen (secondary N) is 1. The number of rotatable bonds is 4. The van der Waals surface area contributed by atoms with Crippen molar-refractivity contribution in [2.45, 2.75) is 13.5 Å². The molecule has 0 bridgehead atoms. The van der Waals surface area contributed by atoms with E-state index >= 15 is 0 Å². The Morgan fingerprint density at radius 2 is 1.90 bits per heavy atom. The molecule has 0 aliphatic rings. The zero-order chi connectivity index (χ0) is 14.7. The maximum absolute atomic E-state index is 11.1. The van der Waals surface area contributed by atoms with E-state index in [0.717, 1.165) is 16.8 Å². The van der Waals surface area contributed by atoms with Crippen molar-refractivity contribution in [3.63, 3.8) is 0 Å². The highest BCUT2D eigenvalue weighted by molar-refractivity contribution is 5.93. The van der Waals surface area contributed by atoms with Crippen molar-refractivity contribution < 1.29 is 15.0 Å². The molecule has 2 aromatic rings. The minimum absolute atomic E-state index is 0.143. The number of benzene rings is 2. The van der Waals surface area contributed by atoms with E-state index in [0.29, 0.717) is 12.1 Å². The van der Waals surface area contributed by atoms with Crippen LogP contribution in [0.2, 0.25) is 0 Å². The molecule has 5 nitrogen and oxygen atoms in total. The first-order valence-electron chi connectivity index (χ1n) is 6.12. The quantitative estimate of drug-likeness (QED) is 0.641.